The Bertz CT molecular complexity index is 2530. The Kier molecular flexibility index (Phi) is 5.80. The monoisotopic (exact) mass is 639 g/mol. The van der Waals surface area contributed by atoms with E-state index < -0.39 is 0 Å². The van der Waals surface area contributed by atoms with E-state index in [9.17, 15) is 0 Å². The molecule has 0 spiro atoms. The highest BCUT2D eigenvalue weighted by atomic mass is 16.5. The normalized spacial score (nSPS) is 14.1. The van der Waals surface area contributed by atoms with Gasteiger partial charge in [0.15, 0.2) is 0 Å². The zero-order chi connectivity index (χ0) is 32.9. The number of anilines is 7. The first-order valence-corrected chi connectivity index (χ1v) is 17.4. The van der Waals surface area contributed by atoms with Gasteiger partial charge in [-0.05, 0) is 99.0 Å². The van der Waals surface area contributed by atoms with Crippen molar-refractivity contribution in [1.82, 2.24) is 0 Å². The van der Waals surface area contributed by atoms with Gasteiger partial charge in [0.25, 0.3) is 13.4 Å². The van der Waals surface area contributed by atoms with E-state index in [2.05, 4.69) is 179 Å². The predicted octanol–water partition coefficient (Wildman–Crippen LogP) is 6.34. The quantitative estimate of drug-likeness (QED) is 0.210. The highest BCUT2D eigenvalue weighted by Gasteiger charge is 2.43. The first kappa shape index (κ1) is 27.8. The maximum atomic E-state index is 6.53. The second-order valence-corrected chi connectivity index (χ2v) is 13.7. The van der Waals surface area contributed by atoms with E-state index in [0.29, 0.717) is 0 Å². The maximum Gasteiger partial charge on any atom is 0.256 e. The molecule has 7 aromatic rings. The summed E-state index contributed by atoms with van der Waals surface area (Å²) in [5, 5.41) is 0. The standard InChI is InChI=1S/C44H31B2N3O/c1-47-35-19-6-2-15-31(35)45-33-17-4-8-21-37(33)49(40-24-11-22-38(47)43(40)45)30-14-10-13-29(27-30)28-48-36-20-7-3-16-32(36)46-34-18-5-9-25-41(34)50-42-26-12-23-39(48)44(42)46/h2-27H,28H2,1H3. The number of fused-ring (bicyclic) bond motifs is 8. The van der Waals surface area contributed by atoms with Gasteiger partial charge in [-0.25, -0.2) is 0 Å². The third-order valence-electron chi connectivity index (χ3n) is 11.2. The average molecular weight is 639 g/mol. The highest BCUT2D eigenvalue weighted by molar-refractivity contribution is 7.00. The number of para-hydroxylation sites is 4. The Hall–Kier alpha value is -6.13. The van der Waals surface area contributed by atoms with E-state index in [4.69, 9.17) is 4.74 Å². The van der Waals surface area contributed by atoms with Gasteiger partial charge in [0.1, 0.15) is 11.5 Å². The molecule has 4 aliphatic heterocycles. The lowest BCUT2D eigenvalue weighted by Crippen LogP contribution is -2.61. The largest absolute Gasteiger partial charge is 0.458 e. The molecule has 0 unspecified atom stereocenters. The lowest BCUT2D eigenvalue weighted by molar-refractivity contribution is 0.487. The molecule has 6 heteroatoms. The van der Waals surface area contributed by atoms with Crippen molar-refractivity contribution in [3.8, 4) is 11.5 Å². The molecule has 4 heterocycles. The van der Waals surface area contributed by atoms with Crippen molar-refractivity contribution < 1.29 is 4.74 Å². The minimum atomic E-state index is 0.134. The molecular weight excluding hydrogens is 608 g/mol. The molecule has 11 rings (SSSR count). The number of ether oxygens (including phenoxy) is 1. The highest BCUT2D eigenvalue weighted by Crippen LogP contribution is 2.42. The second-order valence-electron chi connectivity index (χ2n) is 13.7. The summed E-state index contributed by atoms with van der Waals surface area (Å²) in [6.07, 6.45) is 0. The van der Waals surface area contributed by atoms with Crippen molar-refractivity contribution in [2.24, 2.45) is 0 Å². The van der Waals surface area contributed by atoms with Gasteiger partial charge >= 0.3 is 0 Å². The zero-order valence-corrected chi connectivity index (χ0v) is 27.6. The van der Waals surface area contributed by atoms with Crippen LogP contribution in [0.25, 0.3) is 0 Å². The molecule has 0 bridgehead atoms. The molecule has 0 fully saturated rings. The van der Waals surface area contributed by atoms with Crippen LogP contribution < -0.4 is 52.2 Å². The smallest absolute Gasteiger partial charge is 0.256 e. The first-order valence-electron chi connectivity index (χ1n) is 17.4. The van der Waals surface area contributed by atoms with Gasteiger partial charge in [0, 0.05) is 53.4 Å². The van der Waals surface area contributed by atoms with Gasteiger partial charge < -0.3 is 19.4 Å². The summed E-state index contributed by atoms with van der Waals surface area (Å²) in [7, 11) is 2.20. The Morgan fingerprint density at radius 1 is 0.460 bits per heavy atom. The molecule has 7 aromatic carbocycles. The summed E-state index contributed by atoms with van der Waals surface area (Å²) in [6.45, 7) is 1.05. The summed E-state index contributed by atoms with van der Waals surface area (Å²) in [4.78, 5) is 7.32. The molecule has 0 aliphatic carbocycles. The number of nitrogens with zero attached hydrogens (tertiary/aromatic N) is 3. The SMILES string of the molecule is CN1c2ccccc2B2c3ccccc3N(c3cccc(CN4c5ccccc5B5c6ccccc6Oc6cccc4c65)c3)c3cccc1c32. The molecule has 234 valence electrons. The van der Waals surface area contributed by atoms with Crippen molar-refractivity contribution in [2.75, 3.05) is 21.7 Å². The third-order valence-corrected chi connectivity index (χ3v) is 11.2. The van der Waals surface area contributed by atoms with Crippen LogP contribution in [0.4, 0.5) is 39.8 Å². The van der Waals surface area contributed by atoms with E-state index >= 15 is 0 Å². The molecular formula is C44H31B2N3O. The van der Waals surface area contributed by atoms with Crippen molar-refractivity contribution >= 4 is 86.0 Å². The molecule has 0 atom stereocenters. The topological polar surface area (TPSA) is 19.0 Å². The molecule has 4 aliphatic rings. The van der Waals surface area contributed by atoms with Gasteiger partial charge in [-0.15, -0.1) is 0 Å². The second kappa shape index (κ2) is 10.4. The van der Waals surface area contributed by atoms with E-state index in [1.165, 1.54) is 78.2 Å². The summed E-state index contributed by atoms with van der Waals surface area (Å²) < 4.78 is 6.53. The van der Waals surface area contributed by atoms with E-state index in [1.807, 2.05) is 0 Å². The van der Waals surface area contributed by atoms with Crippen LogP contribution in [0.2, 0.25) is 0 Å². The van der Waals surface area contributed by atoms with Crippen LogP contribution in [-0.4, -0.2) is 20.5 Å². The van der Waals surface area contributed by atoms with Crippen molar-refractivity contribution in [3.63, 3.8) is 0 Å². The van der Waals surface area contributed by atoms with Gasteiger partial charge in [0.05, 0.1) is 0 Å². The third kappa shape index (κ3) is 3.79. The van der Waals surface area contributed by atoms with Crippen LogP contribution in [0.15, 0.2) is 158 Å². The van der Waals surface area contributed by atoms with Crippen LogP contribution >= 0.6 is 0 Å². The fourth-order valence-electron chi connectivity index (χ4n) is 9.12. The van der Waals surface area contributed by atoms with E-state index in [-0.39, 0.29) is 13.4 Å². The Balaban J connectivity index is 1.04. The number of benzene rings is 7. The minimum Gasteiger partial charge on any atom is -0.458 e. The molecule has 0 aromatic heterocycles. The summed E-state index contributed by atoms with van der Waals surface area (Å²) in [6, 6.07) is 57.6. The molecule has 50 heavy (non-hydrogen) atoms. The van der Waals surface area contributed by atoms with Crippen molar-refractivity contribution in [3.05, 3.63) is 163 Å². The van der Waals surface area contributed by atoms with Crippen LogP contribution in [0, 0.1) is 0 Å². The van der Waals surface area contributed by atoms with Crippen LogP contribution in [0.5, 0.6) is 11.5 Å². The molecule has 0 saturated carbocycles. The van der Waals surface area contributed by atoms with Crippen LogP contribution in [-0.2, 0) is 6.54 Å². The van der Waals surface area contributed by atoms with Gasteiger partial charge in [0.2, 0.25) is 0 Å². The van der Waals surface area contributed by atoms with Gasteiger partial charge in [-0.1, -0.05) is 97.1 Å². The summed E-state index contributed by atoms with van der Waals surface area (Å²) in [5.74, 6) is 1.89. The predicted molar refractivity (Wildman–Crippen MR) is 210 cm³/mol. The fraction of sp³-hybridized carbons (Fsp3) is 0.0455. The number of hydrogen-bond acceptors (Lipinski definition) is 4. The maximum absolute atomic E-state index is 6.53. The van der Waals surface area contributed by atoms with Crippen molar-refractivity contribution in [2.45, 2.75) is 6.54 Å². The van der Waals surface area contributed by atoms with Crippen LogP contribution in [0.3, 0.4) is 0 Å². The number of hydrogen-bond donors (Lipinski definition) is 0. The van der Waals surface area contributed by atoms with Gasteiger partial charge in [-0.2, -0.15) is 0 Å². The summed E-state index contributed by atoms with van der Waals surface area (Å²) in [5.41, 5.74) is 17.7. The lowest BCUT2D eigenvalue weighted by Gasteiger charge is -2.43. The Morgan fingerprint density at radius 2 is 1.02 bits per heavy atom. The van der Waals surface area contributed by atoms with E-state index in [1.54, 1.807) is 0 Å². The van der Waals surface area contributed by atoms with Crippen molar-refractivity contribution in [1.29, 1.82) is 0 Å². The minimum absolute atomic E-state index is 0.134. The molecule has 4 nitrogen and oxygen atoms in total. The van der Waals surface area contributed by atoms with Gasteiger partial charge in [-0.3, -0.25) is 0 Å². The summed E-state index contributed by atoms with van der Waals surface area (Å²) >= 11 is 0. The van der Waals surface area contributed by atoms with Crippen LogP contribution in [0.1, 0.15) is 5.56 Å². The Labute approximate surface area is 293 Å². The average Bonchev–Trinajstić information content (AvgIpc) is 3.17. The number of rotatable bonds is 3. The molecule has 0 amide bonds. The first-order chi connectivity index (χ1) is 24.7. The fourth-order valence-corrected chi connectivity index (χ4v) is 9.12. The molecule has 0 N–H and O–H groups in total. The molecule has 0 radical (unpaired) electrons. The van der Waals surface area contributed by atoms with E-state index in [0.717, 1.165) is 18.0 Å². The zero-order valence-electron chi connectivity index (χ0n) is 27.6. The Morgan fingerprint density at radius 3 is 1.86 bits per heavy atom. The lowest BCUT2D eigenvalue weighted by atomic mass is 9.33. The molecule has 0 saturated heterocycles.